The smallest absolute Gasteiger partial charge is 0.0705 e. The normalized spacial score (nSPS) is 12.5. The van der Waals surface area contributed by atoms with Crippen LogP contribution >= 0.6 is 0 Å². The molecule has 14 heavy (non-hydrogen) atoms. The Balaban J connectivity index is 2.93. The van der Waals surface area contributed by atoms with Crippen LogP contribution in [-0.2, 0) is 0 Å². The van der Waals surface area contributed by atoms with E-state index >= 15 is 0 Å². The molecule has 0 aliphatic carbocycles. The zero-order chi connectivity index (χ0) is 10.6. The summed E-state index contributed by atoms with van der Waals surface area (Å²) in [4.78, 5) is 4.49. The minimum absolute atomic E-state index is 0.180. The molecule has 0 aromatic carbocycles. The van der Waals surface area contributed by atoms with Crippen LogP contribution in [0.1, 0.15) is 31.3 Å². The van der Waals surface area contributed by atoms with Gasteiger partial charge in [0.05, 0.1) is 11.7 Å². The fourth-order valence-corrected chi connectivity index (χ4v) is 1.46. The SMILES string of the molecule is C=C(C)C(NCC)c1cccc(C)n1. The molecule has 0 amide bonds. The maximum Gasteiger partial charge on any atom is 0.0705 e. The lowest BCUT2D eigenvalue weighted by molar-refractivity contribution is 0.605. The van der Waals surface area contributed by atoms with Gasteiger partial charge in [-0.15, -0.1) is 0 Å². The molecule has 1 unspecified atom stereocenters. The van der Waals surface area contributed by atoms with E-state index in [9.17, 15) is 0 Å². The number of nitrogens with one attached hydrogen (secondary N) is 1. The largest absolute Gasteiger partial charge is 0.306 e. The highest BCUT2D eigenvalue weighted by Crippen LogP contribution is 2.17. The summed E-state index contributed by atoms with van der Waals surface area (Å²) in [6, 6.07) is 6.25. The molecule has 0 radical (unpaired) electrons. The number of rotatable bonds is 4. The maximum absolute atomic E-state index is 4.49. The lowest BCUT2D eigenvalue weighted by atomic mass is 10.1. The van der Waals surface area contributed by atoms with E-state index in [1.165, 1.54) is 0 Å². The Morgan fingerprint density at radius 1 is 1.57 bits per heavy atom. The Hall–Kier alpha value is -1.15. The van der Waals surface area contributed by atoms with E-state index in [2.05, 4.69) is 23.8 Å². The van der Waals surface area contributed by atoms with Gasteiger partial charge in [-0.3, -0.25) is 4.98 Å². The van der Waals surface area contributed by atoms with Gasteiger partial charge in [0.2, 0.25) is 0 Å². The van der Waals surface area contributed by atoms with E-state index in [0.29, 0.717) is 0 Å². The molecule has 0 aliphatic heterocycles. The Morgan fingerprint density at radius 3 is 2.79 bits per heavy atom. The van der Waals surface area contributed by atoms with Gasteiger partial charge in [-0.1, -0.05) is 25.1 Å². The third-order valence-corrected chi connectivity index (χ3v) is 2.11. The molecule has 0 saturated carbocycles. The monoisotopic (exact) mass is 190 g/mol. The van der Waals surface area contributed by atoms with E-state index in [-0.39, 0.29) is 6.04 Å². The maximum atomic E-state index is 4.49. The van der Waals surface area contributed by atoms with Gasteiger partial charge in [0.15, 0.2) is 0 Å². The molecule has 1 aromatic rings. The zero-order valence-electron chi connectivity index (χ0n) is 9.17. The molecule has 1 heterocycles. The van der Waals surface area contributed by atoms with Crippen LogP contribution in [0, 0.1) is 6.92 Å². The molecule has 0 aliphatic rings. The van der Waals surface area contributed by atoms with E-state index < -0.39 is 0 Å². The minimum atomic E-state index is 0.180. The predicted molar refractivity (Wildman–Crippen MR) is 60.2 cm³/mol. The van der Waals surface area contributed by atoms with Crippen LogP contribution in [0.3, 0.4) is 0 Å². The Morgan fingerprint density at radius 2 is 2.29 bits per heavy atom. The predicted octanol–water partition coefficient (Wildman–Crippen LogP) is 2.62. The van der Waals surface area contributed by atoms with Crippen LogP contribution in [0.2, 0.25) is 0 Å². The fraction of sp³-hybridized carbons (Fsp3) is 0.417. The second-order valence-corrected chi connectivity index (χ2v) is 3.54. The van der Waals surface area contributed by atoms with Crippen LogP contribution in [-0.4, -0.2) is 11.5 Å². The van der Waals surface area contributed by atoms with Crippen LogP contribution in [0.25, 0.3) is 0 Å². The second-order valence-electron chi connectivity index (χ2n) is 3.54. The lowest BCUT2D eigenvalue weighted by Gasteiger charge is -2.17. The molecule has 2 nitrogen and oxygen atoms in total. The van der Waals surface area contributed by atoms with Gasteiger partial charge >= 0.3 is 0 Å². The summed E-state index contributed by atoms with van der Waals surface area (Å²) >= 11 is 0. The number of hydrogen-bond donors (Lipinski definition) is 1. The van der Waals surface area contributed by atoms with Crippen molar-refractivity contribution in [3.63, 3.8) is 0 Å². The fourth-order valence-electron chi connectivity index (χ4n) is 1.46. The summed E-state index contributed by atoms with van der Waals surface area (Å²) in [6.07, 6.45) is 0. The van der Waals surface area contributed by atoms with Crippen molar-refractivity contribution in [1.29, 1.82) is 0 Å². The van der Waals surface area contributed by atoms with Crippen molar-refractivity contribution in [2.45, 2.75) is 26.8 Å². The molecule has 1 rings (SSSR count). The van der Waals surface area contributed by atoms with Crippen LogP contribution in [0.5, 0.6) is 0 Å². The summed E-state index contributed by atoms with van der Waals surface area (Å²) in [6.45, 7) is 11.0. The molecule has 1 atom stereocenters. The van der Waals surface area contributed by atoms with Gasteiger partial charge in [-0.05, 0) is 32.5 Å². The first-order chi connectivity index (χ1) is 6.65. The van der Waals surface area contributed by atoms with E-state index in [1.54, 1.807) is 0 Å². The van der Waals surface area contributed by atoms with Crippen LogP contribution in [0.4, 0.5) is 0 Å². The number of likely N-dealkylation sites (N-methyl/N-ethyl adjacent to an activating group) is 1. The van der Waals surface area contributed by atoms with Gasteiger partial charge in [0.1, 0.15) is 0 Å². The number of nitrogens with zero attached hydrogens (tertiary/aromatic N) is 1. The molecule has 0 bridgehead atoms. The molecule has 76 valence electrons. The Bertz CT molecular complexity index is 318. The van der Waals surface area contributed by atoms with E-state index in [4.69, 9.17) is 0 Å². The molecule has 2 heteroatoms. The van der Waals surface area contributed by atoms with Crippen molar-refractivity contribution in [1.82, 2.24) is 10.3 Å². The highest BCUT2D eigenvalue weighted by atomic mass is 14.9. The van der Waals surface area contributed by atoms with Crippen molar-refractivity contribution >= 4 is 0 Å². The third-order valence-electron chi connectivity index (χ3n) is 2.11. The summed E-state index contributed by atoms with van der Waals surface area (Å²) in [7, 11) is 0. The van der Waals surface area contributed by atoms with Crippen molar-refractivity contribution in [3.05, 3.63) is 41.7 Å². The van der Waals surface area contributed by atoms with E-state index in [0.717, 1.165) is 23.5 Å². The molecular formula is C12H18N2. The summed E-state index contributed by atoms with van der Waals surface area (Å²) in [5.74, 6) is 0. The lowest BCUT2D eigenvalue weighted by Crippen LogP contribution is -2.22. The van der Waals surface area contributed by atoms with Gasteiger partial charge in [-0.2, -0.15) is 0 Å². The molecule has 0 spiro atoms. The number of aryl methyl sites for hydroxylation is 1. The Labute approximate surface area is 86.1 Å². The summed E-state index contributed by atoms with van der Waals surface area (Å²) < 4.78 is 0. The molecule has 0 saturated heterocycles. The zero-order valence-corrected chi connectivity index (χ0v) is 9.17. The van der Waals surface area contributed by atoms with E-state index in [1.807, 2.05) is 32.0 Å². The molecule has 0 fully saturated rings. The molecule has 1 N–H and O–H groups in total. The van der Waals surface area contributed by atoms with Crippen LogP contribution < -0.4 is 5.32 Å². The highest BCUT2D eigenvalue weighted by molar-refractivity contribution is 5.21. The summed E-state index contributed by atoms with van der Waals surface area (Å²) in [5, 5.41) is 3.36. The topological polar surface area (TPSA) is 24.9 Å². The van der Waals surface area contributed by atoms with Crippen molar-refractivity contribution in [2.24, 2.45) is 0 Å². The van der Waals surface area contributed by atoms with Gasteiger partial charge in [-0.25, -0.2) is 0 Å². The second kappa shape index (κ2) is 4.91. The highest BCUT2D eigenvalue weighted by Gasteiger charge is 2.11. The number of hydrogen-bond acceptors (Lipinski definition) is 2. The van der Waals surface area contributed by atoms with Crippen molar-refractivity contribution in [3.8, 4) is 0 Å². The first-order valence-electron chi connectivity index (χ1n) is 4.97. The standard InChI is InChI=1S/C12H18N2/c1-5-13-12(9(2)3)11-8-6-7-10(4)14-11/h6-8,12-13H,2,5H2,1,3-4H3. The Kier molecular flexibility index (Phi) is 3.84. The first kappa shape index (κ1) is 10.9. The average Bonchev–Trinajstić information content (AvgIpc) is 2.13. The first-order valence-corrected chi connectivity index (χ1v) is 4.97. The van der Waals surface area contributed by atoms with Crippen molar-refractivity contribution in [2.75, 3.05) is 6.54 Å². The third kappa shape index (κ3) is 2.67. The van der Waals surface area contributed by atoms with Gasteiger partial charge in [0.25, 0.3) is 0 Å². The average molecular weight is 190 g/mol. The number of pyridine rings is 1. The molecular weight excluding hydrogens is 172 g/mol. The van der Waals surface area contributed by atoms with Gasteiger partial charge < -0.3 is 5.32 Å². The summed E-state index contributed by atoms with van der Waals surface area (Å²) in [5.41, 5.74) is 3.20. The quantitative estimate of drug-likeness (QED) is 0.738. The molecule has 1 aromatic heterocycles. The number of aromatic nitrogens is 1. The minimum Gasteiger partial charge on any atom is -0.306 e. The van der Waals surface area contributed by atoms with Crippen molar-refractivity contribution < 1.29 is 0 Å². The van der Waals surface area contributed by atoms with Gasteiger partial charge in [0, 0.05) is 5.69 Å². The van der Waals surface area contributed by atoms with Crippen LogP contribution in [0.15, 0.2) is 30.4 Å².